The smallest absolute Gasteiger partial charge is 0.418 e. The zero-order valence-electron chi connectivity index (χ0n) is 12.8. The van der Waals surface area contributed by atoms with Crippen LogP contribution in [0.3, 0.4) is 0 Å². The summed E-state index contributed by atoms with van der Waals surface area (Å²) in [6, 6.07) is 14.1. The average molecular weight is 329 g/mol. The molecule has 0 amide bonds. The molecular weight excluding hydrogens is 315 g/mol. The van der Waals surface area contributed by atoms with E-state index in [9.17, 15) is 13.2 Å². The monoisotopic (exact) mass is 329 g/mol. The van der Waals surface area contributed by atoms with E-state index >= 15 is 0 Å². The maximum absolute atomic E-state index is 13.2. The molecule has 122 valence electrons. The van der Waals surface area contributed by atoms with Crippen LogP contribution in [0.2, 0.25) is 0 Å². The van der Waals surface area contributed by atoms with E-state index in [-0.39, 0.29) is 5.39 Å². The van der Waals surface area contributed by atoms with Gasteiger partial charge in [-0.3, -0.25) is 4.98 Å². The summed E-state index contributed by atoms with van der Waals surface area (Å²) in [7, 11) is 1.42. The van der Waals surface area contributed by atoms with Crippen LogP contribution in [-0.2, 0) is 6.18 Å². The van der Waals surface area contributed by atoms with E-state index < -0.39 is 11.7 Å². The molecule has 0 fully saturated rings. The number of aromatic nitrogens is 1. The highest BCUT2D eigenvalue weighted by Crippen LogP contribution is 2.36. The maximum atomic E-state index is 13.2. The number of nitrogens with zero attached hydrogens (tertiary/aromatic N) is 1. The number of benzene rings is 2. The fourth-order valence-corrected chi connectivity index (χ4v) is 2.47. The van der Waals surface area contributed by atoms with E-state index in [0.29, 0.717) is 16.8 Å². The Hall–Kier alpha value is -2.82. The van der Waals surface area contributed by atoms with Crippen molar-refractivity contribution in [2.75, 3.05) is 7.11 Å². The Balaban J connectivity index is 2.15. The van der Waals surface area contributed by atoms with Gasteiger partial charge in [0.25, 0.3) is 0 Å². The molecule has 0 radical (unpaired) electrons. The number of hydrogen-bond acceptors (Lipinski definition) is 2. The van der Waals surface area contributed by atoms with Gasteiger partial charge in [-0.05, 0) is 29.8 Å². The molecule has 3 rings (SSSR count). The van der Waals surface area contributed by atoms with E-state index in [0.717, 1.165) is 11.8 Å². The molecule has 0 saturated heterocycles. The Bertz CT molecular complexity index is 886. The Morgan fingerprint density at radius 1 is 0.958 bits per heavy atom. The second kappa shape index (κ2) is 6.35. The molecule has 3 aromatic rings. The van der Waals surface area contributed by atoms with Crippen LogP contribution in [0.15, 0.2) is 54.7 Å². The van der Waals surface area contributed by atoms with Gasteiger partial charge in [0.1, 0.15) is 5.75 Å². The van der Waals surface area contributed by atoms with Crippen molar-refractivity contribution in [2.45, 2.75) is 6.18 Å². The molecule has 0 N–H and O–H groups in total. The molecule has 0 spiro atoms. The van der Waals surface area contributed by atoms with Gasteiger partial charge < -0.3 is 4.74 Å². The van der Waals surface area contributed by atoms with Gasteiger partial charge in [0.05, 0.1) is 18.4 Å². The number of rotatable bonds is 3. The van der Waals surface area contributed by atoms with Crippen molar-refractivity contribution < 1.29 is 17.9 Å². The molecule has 0 unspecified atom stereocenters. The van der Waals surface area contributed by atoms with Crippen LogP contribution in [0.25, 0.3) is 22.9 Å². The third-order valence-corrected chi connectivity index (χ3v) is 3.66. The lowest BCUT2D eigenvalue weighted by atomic mass is 10.0. The first kappa shape index (κ1) is 16.1. The Morgan fingerprint density at radius 3 is 2.38 bits per heavy atom. The molecule has 24 heavy (non-hydrogen) atoms. The summed E-state index contributed by atoms with van der Waals surface area (Å²) in [6.07, 6.45) is -0.0741. The first-order valence-electron chi connectivity index (χ1n) is 7.26. The lowest BCUT2D eigenvalue weighted by molar-refractivity contribution is -0.136. The Morgan fingerprint density at radius 2 is 1.71 bits per heavy atom. The minimum Gasteiger partial charge on any atom is -0.497 e. The van der Waals surface area contributed by atoms with Crippen molar-refractivity contribution in [3.05, 3.63) is 71.5 Å². The van der Waals surface area contributed by atoms with E-state index in [4.69, 9.17) is 4.74 Å². The number of halogens is 3. The molecule has 0 atom stereocenters. The molecule has 2 aromatic carbocycles. The highest BCUT2D eigenvalue weighted by atomic mass is 19.4. The Labute approximate surface area is 137 Å². The molecular formula is C19H14F3NO. The van der Waals surface area contributed by atoms with Gasteiger partial charge in [-0.2, -0.15) is 13.2 Å². The van der Waals surface area contributed by atoms with Crippen molar-refractivity contribution >= 4 is 22.9 Å². The van der Waals surface area contributed by atoms with E-state index in [2.05, 4.69) is 4.98 Å². The SMILES string of the molecule is COc1ccc2c(/C=C/c3ccccc3)ncc(C(F)(F)F)c2c1. The van der Waals surface area contributed by atoms with E-state index in [1.165, 1.54) is 13.2 Å². The molecule has 1 heterocycles. The molecule has 5 heteroatoms. The minimum absolute atomic E-state index is 0.0737. The van der Waals surface area contributed by atoms with Crippen LogP contribution in [-0.4, -0.2) is 12.1 Å². The molecule has 0 aliphatic rings. The average Bonchev–Trinajstić information content (AvgIpc) is 2.59. The number of methoxy groups -OCH3 is 1. The topological polar surface area (TPSA) is 22.1 Å². The standard InChI is InChI=1S/C19H14F3NO/c1-24-14-8-9-15-16(11-14)17(19(20,21)22)12-23-18(15)10-7-13-5-3-2-4-6-13/h2-12H,1H3/b10-7+. The van der Waals surface area contributed by atoms with Gasteiger partial charge in [0.15, 0.2) is 0 Å². The molecule has 0 aliphatic heterocycles. The van der Waals surface area contributed by atoms with Crippen LogP contribution in [0.4, 0.5) is 13.2 Å². The first-order chi connectivity index (χ1) is 11.5. The first-order valence-corrected chi connectivity index (χ1v) is 7.26. The van der Waals surface area contributed by atoms with Crippen molar-refractivity contribution in [1.29, 1.82) is 0 Å². The van der Waals surface area contributed by atoms with Gasteiger partial charge in [-0.15, -0.1) is 0 Å². The summed E-state index contributed by atoms with van der Waals surface area (Å²) < 4.78 is 44.8. The lowest BCUT2D eigenvalue weighted by Gasteiger charge is -2.12. The predicted molar refractivity (Wildman–Crippen MR) is 88.7 cm³/mol. The third-order valence-electron chi connectivity index (χ3n) is 3.66. The van der Waals surface area contributed by atoms with Crippen LogP contribution in [0, 0.1) is 0 Å². The predicted octanol–water partition coefficient (Wildman–Crippen LogP) is 5.43. The highest BCUT2D eigenvalue weighted by molar-refractivity contribution is 5.94. The van der Waals surface area contributed by atoms with Gasteiger partial charge in [-0.1, -0.05) is 36.4 Å². The summed E-state index contributed by atoms with van der Waals surface area (Å²) in [5, 5.41) is 0.502. The van der Waals surface area contributed by atoms with Crippen molar-refractivity contribution in [1.82, 2.24) is 4.98 Å². The second-order valence-electron chi connectivity index (χ2n) is 5.21. The van der Waals surface area contributed by atoms with E-state index in [1.807, 2.05) is 36.4 Å². The van der Waals surface area contributed by atoms with Crippen LogP contribution >= 0.6 is 0 Å². The van der Waals surface area contributed by atoms with Crippen LogP contribution in [0.5, 0.6) is 5.75 Å². The quantitative estimate of drug-likeness (QED) is 0.639. The number of hydrogen-bond donors (Lipinski definition) is 0. The maximum Gasteiger partial charge on any atom is 0.418 e. The van der Waals surface area contributed by atoms with Crippen molar-refractivity contribution in [3.8, 4) is 5.75 Å². The highest BCUT2D eigenvalue weighted by Gasteiger charge is 2.33. The summed E-state index contributed by atoms with van der Waals surface area (Å²) in [5.41, 5.74) is 0.652. The summed E-state index contributed by atoms with van der Waals surface area (Å²) >= 11 is 0. The Kier molecular flexibility index (Phi) is 4.25. The molecule has 0 saturated carbocycles. The fourth-order valence-electron chi connectivity index (χ4n) is 2.47. The zero-order chi connectivity index (χ0) is 17.2. The molecule has 0 bridgehead atoms. The van der Waals surface area contributed by atoms with Gasteiger partial charge in [0.2, 0.25) is 0 Å². The summed E-state index contributed by atoms with van der Waals surface area (Å²) in [4.78, 5) is 4.00. The number of alkyl halides is 3. The molecule has 2 nitrogen and oxygen atoms in total. The van der Waals surface area contributed by atoms with Crippen molar-refractivity contribution in [2.24, 2.45) is 0 Å². The largest absolute Gasteiger partial charge is 0.497 e. The lowest BCUT2D eigenvalue weighted by Crippen LogP contribution is -2.07. The summed E-state index contributed by atoms with van der Waals surface area (Å²) in [6.45, 7) is 0. The third kappa shape index (κ3) is 3.25. The van der Waals surface area contributed by atoms with Crippen LogP contribution < -0.4 is 4.74 Å². The van der Waals surface area contributed by atoms with Crippen LogP contribution in [0.1, 0.15) is 16.8 Å². The van der Waals surface area contributed by atoms with Gasteiger partial charge in [-0.25, -0.2) is 0 Å². The minimum atomic E-state index is -4.47. The summed E-state index contributed by atoms with van der Waals surface area (Å²) in [5.74, 6) is 0.372. The fraction of sp³-hybridized carbons (Fsp3) is 0.105. The zero-order valence-corrected chi connectivity index (χ0v) is 12.8. The normalized spacial score (nSPS) is 12.0. The second-order valence-corrected chi connectivity index (χ2v) is 5.21. The molecule has 0 aliphatic carbocycles. The number of fused-ring (bicyclic) bond motifs is 1. The van der Waals surface area contributed by atoms with Gasteiger partial charge >= 0.3 is 6.18 Å². The van der Waals surface area contributed by atoms with Gasteiger partial charge in [0, 0.05) is 17.0 Å². The number of pyridine rings is 1. The molecule has 1 aromatic heterocycles. The van der Waals surface area contributed by atoms with E-state index in [1.54, 1.807) is 18.2 Å². The van der Waals surface area contributed by atoms with Crippen molar-refractivity contribution in [3.63, 3.8) is 0 Å². The number of ether oxygens (including phenoxy) is 1.